The van der Waals surface area contributed by atoms with Crippen LogP contribution in [0.1, 0.15) is 43.3 Å². The van der Waals surface area contributed by atoms with Crippen molar-refractivity contribution in [2.45, 2.75) is 39.7 Å². The van der Waals surface area contributed by atoms with Gasteiger partial charge < -0.3 is 9.64 Å². The van der Waals surface area contributed by atoms with E-state index in [0.717, 1.165) is 6.42 Å². The predicted molar refractivity (Wildman–Crippen MR) is 76.4 cm³/mol. The number of ether oxygens (including phenoxy) is 1. The highest BCUT2D eigenvalue weighted by molar-refractivity contribution is 7.12. The first-order valence-electron chi connectivity index (χ1n) is 6.60. The Bertz CT molecular complexity index is 403. The number of rotatable bonds is 7. The molecule has 0 spiro atoms. The molecule has 0 aliphatic heterocycles. The van der Waals surface area contributed by atoms with Crippen LogP contribution in [0.3, 0.4) is 0 Å². The van der Waals surface area contributed by atoms with Crippen LogP contribution < -0.4 is 0 Å². The number of nitrogens with zero attached hydrogens (tertiary/aromatic N) is 1. The van der Waals surface area contributed by atoms with Crippen LogP contribution in [0.25, 0.3) is 0 Å². The molecule has 0 aliphatic rings. The van der Waals surface area contributed by atoms with Crippen LogP contribution >= 0.6 is 11.3 Å². The van der Waals surface area contributed by atoms with Crippen molar-refractivity contribution in [2.75, 3.05) is 13.2 Å². The van der Waals surface area contributed by atoms with Gasteiger partial charge in [0.15, 0.2) is 0 Å². The topological polar surface area (TPSA) is 46.6 Å². The Morgan fingerprint density at radius 1 is 1.42 bits per heavy atom. The van der Waals surface area contributed by atoms with Crippen LogP contribution in [0.5, 0.6) is 0 Å². The van der Waals surface area contributed by atoms with E-state index in [2.05, 4.69) is 0 Å². The Hall–Kier alpha value is -1.36. The molecule has 0 radical (unpaired) electrons. The Morgan fingerprint density at radius 3 is 2.68 bits per heavy atom. The molecule has 1 aromatic heterocycles. The van der Waals surface area contributed by atoms with Gasteiger partial charge in [0, 0.05) is 12.6 Å². The maximum Gasteiger partial charge on any atom is 0.307 e. The van der Waals surface area contributed by atoms with E-state index in [1.54, 1.807) is 11.8 Å². The van der Waals surface area contributed by atoms with Gasteiger partial charge in [-0.3, -0.25) is 9.59 Å². The van der Waals surface area contributed by atoms with Crippen molar-refractivity contribution < 1.29 is 14.3 Å². The minimum atomic E-state index is -0.255. The molecule has 1 unspecified atom stereocenters. The molecule has 1 rings (SSSR count). The van der Waals surface area contributed by atoms with E-state index in [1.807, 2.05) is 31.4 Å². The highest BCUT2D eigenvalue weighted by atomic mass is 32.1. The molecule has 0 fully saturated rings. The van der Waals surface area contributed by atoms with Gasteiger partial charge in [0.05, 0.1) is 17.9 Å². The van der Waals surface area contributed by atoms with Crippen LogP contribution in [-0.4, -0.2) is 36.0 Å². The van der Waals surface area contributed by atoms with Gasteiger partial charge in [-0.05, 0) is 31.7 Å². The minimum absolute atomic E-state index is 0.00588. The second kappa shape index (κ2) is 7.94. The largest absolute Gasteiger partial charge is 0.466 e. The summed E-state index contributed by atoms with van der Waals surface area (Å²) in [5.74, 6) is -0.261. The molecule has 5 heteroatoms. The number of amides is 1. The summed E-state index contributed by atoms with van der Waals surface area (Å²) in [4.78, 5) is 26.2. The standard InChI is InChI=1S/C14H21NO3S/c1-4-11(3)15(9-8-13(16)18-5-2)14(17)12-7-6-10-19-12/h6-7,10-11H,4-5,8-9H2,1-3H3. The molecule has 4 nitrogen and oxygen atoms in total. The van der Waals surface area contributed by atoms with E-state index in [-0.39, 0.29) is 24.3 Å². The van der Waals surface area contributed by atoms with Gasteiger partial charge in [0.1, 0.15) is 0 Å². The molecule has 0 saturated carbocycles. The van der Waals surface area contributed by atoms with Crippen molar-refractivity contribution in [2.24, 2.45) is 0 Å². The summed E-state index contributed by atoms with van der Waals surface area (Å²) in [5, 5.41) is 1.88. The van der Waals surface area contributed by atoms with Gasteiger partial charge >= 0.3 is 5.97 Å². The van der Waals surface area contributed by atoms with Gasteiger partial charge in [-0.1, -0.05) is 13.0 Å². The molecule has 0 aromatic carbocycles. The first kappa shape index (κ1) is 15.7. The average Bonchev–Trinajstić information content (AvgIpc) is 2.92. The maximum atomic E-state index is 12.4. The highest BCUT2D eigenvalue weighted by Crippen LogP contribution is 2.16. The van der Waals surface area contributed by atoms with Crippen molar-refractivity contribution >= 4 is 23.2 Å². The fourth-order valence-corrected chi connectivity index (χ4v) is 2.41. The molecule has 0 N–H and O–H groups in total. The second-order valence-corrected chi connectivity index (χ2v) is 5.24. The van der Waals surface area contributed by atoms with E-state index < -0.39 is 0 Å². The van der Waals surface area contributed by atoms with Gasteiger partial charge in [-0.15, -0.1) is 11.3 Å². The zero-order chi connectivity index (χ0) is 14.3. The fourth-order valence-electron chi connectivity index (χ4n) is 1.73. The number of esters is 1. The van der Waals surface area contributed by atoms with Gasteiger partial charge in [0.25, 0.3) is 5.91 Å². The average molecular weight is 283 g/mol. The van der Waals surface area contributed by atoms with Crippen molar-refractivity contribution in [1.82, 2.24) is 4.90 Å². The van der Waals surface area contributed by atoms with Crippen LogP contribution in [0, 0.1) is 0 Å². The lowest BCUT2D eigenvalue weighted by Crippen LogP contribution is -2.39. The second-order valence-electron chi connectivity index (χ2n) is 4.29. The summed E-state index contributed by atoms with van der Waals surface area (Å²) in [7, 11) is 0. The third kappa shape index (κ3) is 4.67. The Kier molecular flexibility index (Phi) is 6.56. The normalized spacial score (nSPS) is 11.9. The summed E-state index contributed by atoms with van der Waals surface area (Å²) in [6.07, 6.45) is 1.11. The van der Waals surface area contributed by atoms with Crippen molar-refractivity contribution in [3.63, 3.8) is 0 Å². The first-order chi connectivity index (χ1) is 9.10. The smallest absolute Gasteiger partial charge is 0.307 e. The Labute approximate surface area is 118 Å². The van der Waals surface area contributed by atoms with E-state index in [4.69, 9.17) is 4.74 Å². The van der Waals surface area contributed by atoms with Crippen molar-refractivity contribution in [3.8, 4) is 0 Å². The molecule has 1 amide bonds. The van der Waals surface area contributed by atoms with Crippen molar-refractivity contribution in [3.05, 3.63) is 22.4 Å². The molecule has 0 aliphatic carbocycles. The fraction of sp³-hybridized carbons (Fsp3) is 0.571. The lowest BCUT2D eigenvalue weighted by Gasteiger charge is -2.27. The summed E-state index contributed by atoms with van der Waals surface area (Å²) in [6, 6.07) is 3.79. The Morgan fingerprint density at radius 2 is 2.16 bits per heavy atom. The number of carbonyl (C=O) groups is 2. The number of carbonyl (C=O) groups excluding carboxylic acids is 2. The summed E-state index contributed by atoms with van der Waals surface area (Å²) < 4.78 is 4.90. The van der Waals surface area contributed by atoms with Crippen LogP contribution in [0.4, 0.5) is 0 Å². The zero-order valence-corrected chi connectivity index (χ0v) is 12.5. The monoisotopic (exact) mass is 283 g/mol. The molecule has 19 heavy (non-hydrogen) atoms. The quantitative estimate of drug-likeness (QED) is 0.723. The SMILES string of the molecule is CCOC(=O)CCN(C(=O)c1cccs1)C(C)CC. The molecule has 1 aromatic rings. The Balaban J connectivity index is 2.67. The third-order valence-electron chi connectivity index (χ3n) is 2.98. The number of thiophene rings is 1. The van der Waals surface area contributed by atoms with Gasteiger partial charge in [-0.2, -0.15) is 0 Å². The lowest BCUT2D eigenvalue weighted by molar-refractivity contribution is -0.143. The summed E-state index contributed by atoms with van der Waals surface area (Å²) in [6.45, 7) is 6.59. The molecule has 106 valence electrons. The summed E-state index contributed by atoms with van der Waals surface area (Å²) in [5.41, 5.74) is 0. The number of hydrogen-bond acceptors (Lipinski definition) is 4. The number of hydrogen-bond donors (Lipinski definition) is 0. The van der Waals surface area contributed by atoms with Gasteiger partial charge in [-0.25, -0.2) is 0 Å². The maximum absolute atomic E-state index is 12.4. The zero-order valence-electron chi connectivity index (χ0n) is 11.7. The molecule has 1 heterocycles. The molecule has 0 saturated heterocycles. The van der Waals surface area contributed by atoms with E-state index in [9.17, 15) is 9.59 Å². The van der Waals surface area contributed by atoms with E-state index in [0.29, 0.717) is 18.0 Å². The van der Waals surface area contributed by atoms with Crippen LogP contribution in [0.15, 0.2) is 17.5 Å². The summed E-state index contributed by atoms with van der Waals surface area (Å²) >= 11 is 1.42. The lowest BCUT2D eigenvalue weighted by atomic mass is 10.2. The third-order valence-corrected chi connectivity index (χ3v) is 3.84. The predicted octanol–water partition coefficient (Wildman–Crippen LogP) is 2.94. The van der Waals surface area contributed by atoms with E-state index in [1.165, 1.54) is 11.3 Å². The molecular formula is C14H21NO3S. The van der Waals surface area contributed by atoms with Crippen LogP contribution in [0.2, 0.25) is 0 Å². The molecule has 0 bridgehead atoms. The van der Waals surface area contributed by atoms with E-state index >= 15 is 0 Å². The highest BCUT2D eigenvalue weighted by Gasteiger charge is 2.22. The van der Waals surface area contributed by atoms with Crippen LogP contribution in [-0.2, 0) is 9.53 Å². The molecule has 1 atom stereocenters. The van der Waals surface area contributed by atoms with Gasteiger partial charge in [0.2, 0.25) is 0 Å². The first-order valence-corrected chi connectivity index (χ1v) is 7.48. The minimum Gasteiger partial charge on any atom is -0.466 e. The van der Waals surface area contributed by atoms with Crippen molar-refractivity contribution in [1.29, 1.82) is 0 Å². The molecular weight excluding hydrogens is 262 g/mol.